The molecule has 1 atom stereocenters. The topological polar surface area (TPSA) is 69.7 Å². The van der Waals surface area contributed by atoms with Gasteiger partial charge in [0.2, 0.25) is 5.91 Å². The molecule has 3 rings (SSSR count). The molecule has 1 unspecified atom stereocenters. The Balaban J connectivity index is 1.99. The van der Waals surface area contributed by atoms with Gasteiger partial charge < -0.3 is 15.0 Å². The number of hydrogen-bond donors (Lipinski definition) is 1. The van der Waals surface area contributed by atoms with Gasteiger partial charge in [-0.3, -0.25) is 4.79 Å². The zero-order valence-corrected chi connectivity index (χ0v) is 17.4. The standard InChI is InChI=1S/C23H20F3N3O3/c1-23(14-30)13-20(31)29(22(32)28(23)10-9-27-2)21-18(25)11-15(12-19(21)26)7-8-16-5-3-4-6-17(16)24/h3-6,11-12,14,27H,9-10,13H2,1-2H3. The van der Waals surface area contributed by atoms with Crippen LogP contribution in [0.3, 0.4) is 0 Å². The highest BCUT2D eigenvalue weighted by Gasteiger charge is 2.48. The Labute approximate surface area is 183 Å². The van der Waals surface area contributed by atoms with Gasteiger partial charge in [0.25, 0.3) is 0 Å². The number of carbonyl (C=O) groups excluding carboxylic acids is 3. The van der Waals surface area contributed by atoms with Crippen LogP contribution < -0.4 is 10.2 Å². The molecule has 0 aliphatic carbocycles. The molecule has 1 saturated heterocycles. The number of anilines is 1. The van der Waals surface area contributed by atoms with Crippen LogP contribution in [0.4, 0.5) is 23.7 Å². The number of imide groups is 1. The van der Waals surface area contributed by atoms with E-state index in [-0.39, 0.29) is 17.7 Å². The Morgan fingerprint density at radius 3 is 2.34 bits per heavy atom. The quantitative estimate of drug-likeness (QED) is 0.570. The van der Waals surface area contributed by atoms with E-state index in [0.717, 1.165) is 17.0 Å². The van der Waals surface area contributed by atoms with Crippen molar-refractivity contribution in [1.82, 2.24) is 10.2 Å². The molecule has 0 saturated carbocycles. The highest BCUT2D eigenvalue weighted by atomic mass is 19.1. The first kappa shape index (κ1) is 23.0. The van der Waals surface area contributed by atoms with Gasteiger partial charge in [-0.15, -0.1) is 0 Å². The molecule has 2 aromatic rings. The van der Waals surface area contributed by atoms with Gasteiger partial charge in [0.15, 0.2) is 11.6 Å². The van der Waals surface area contributed by atoms with E-state index in [1.54, 1.807) is 13.1 Å². The van der Waals surface area contributed by atoms with Crippen molar-refractivity contribution in [2.24, 2.45) is 0 Å². The number of carbonyl (C=O) groups is 3. The van der Waals surface area contributed by atoms with Crippen LogP contribution in [0.15, 0.2) is 36.4 Å². The third kappa shape index (κ3) is 4.36. The minimum absolute atomic E-state index is 0.0454. The molecule has 1 aliphatic rings. The van der Waals surface area contributed by atoms with Crippen molar-refractivity contribution in [2.45, 2.75) is 18.9 Å². The normalized spacial score (nSPS) is 18.4. The largest absolute Gasteiger partial charge is 0.332 e. The number of nitrogens with zero attached hydrogens (tertiary/aromatic N) is 2. The second kappa shape index (κ2) is 9.24. The smallest absolute Gasteiger partial charge is 0.318 e. The molecule has 0 radical (unpaired) electrons. The Morgan fingerprint density at radius 1 is 1.09 bits per heavy atom. The van der Waals surface area contributed by atoms with E-state index in [1.165, 1.54) is 25.1 Å². The Morgan fingerprint density at radius 2 is 1.75 bits per heavy atom. The van der Waals surface area contributed by atoms with Gasteiger partial charge in [-0.2, -0.15) is 0 Å². The number of hydrogen-bond acceptors (Lipinski definition) is 4. The Kier molecular flexibility index (Phi) is 6.65. The predicted octanol–water partition coefficient (Wildman–Crippen LogP) is 2.84. The maximum Gasteiger partial charge on any atom is 0.332 e. The van der Waals surface area contributed by atoms with E-state index in [2.05, 4.69) is 17.2 Å². The zero-order chi connectivity index (χ0) is 23.5. The van der Waals surface area contributed by atoms with Crippen LogP contribution >= 0.6 is 0 Å². The first-order valence-electron chi connectivity index (χ1n) is 9.73. The van der Waals surface area contributed by atoms with Gasteiger partial charge in [0.1, 0.15) is 23.3 Å². The highest BCUT2D eigenvalue weighted by Crippen LogP contribution is 2.33. The molecular weight excluding hydrogens is 423 g/mol. The van der Waals surface area contributed by atoms with Crippen LogP contribution in [0.25, 0.3) is 0 Å². The lowest BCUT2D eigenvalue weighted by Gasteiger charge is -2.44. The van der Waals surface area contributed by atoms with Gasteiger partial charge in [-0.05, 0) is 38.2 Å². The number of aldehydes is 1. The molecule has 0 spiro atoms. The van der Waals surface area contributed by atoms with Crippen LogP contribution in [-0.4, -0.2) is 48.8 Å². The van der Waals surface area contributed by atoms with Crippen molar-refractivity contribution < 1.29 is 27.6 Å². The molecule has 1 heterocycles. The summed E-state index contributed by atoms with van der Waals surface area (Å²) in [6.45, 7) is 1.76. The summed E-state index contributed by atoms with van der Waals surface area (Å²) in [5, 5.41) is 2.82. The van der Waals surface area contributed by atoms with E-state index in [1.807, 2.05) is 0 Å². The summed E-state index contributed by atoms with van der Waals surface area (Å²) in [5.41, 5.74) is -2.33. The zero-order valence-electron chi connectivity index (χ0n) is 17.4. The third-order valence-electron chi connectivity index (χ3n) is 5.09. The molecule has 3 amide bonds. The van der Waals surface area contributed by atoms with E-state index in [9.17, 15) is 27.6 Å². The van der Waals surface area contributed by atoms with Crippen LogP contribution in [0, 0.1) is 29.3 Å². The van der Waals surface area contributed by atoms with Crippen molar-refractivity contribution in [3.05, 3.63) is 65.0 Å². The van der Waals surface area contributed by atoms with Crippen LogP contribution in [0.1, 0.15) is 24.5 Å². The molecule has 1 fully saturated rings. The van der Waals surface area contributed by atoms with E-state index >= 15 is 0 Å². The molecule has 32 heavy (non-hydrogen) atoms. The van der Waals surface area contributed by atoms with Crippen LogP contribution in [0.2, 0.25) is 0 Å². The van der Waals surface area contributed by atoms with Crippen molar-refractivity contribution in [3.8, 4) is 11.8 Å². The second-order valence-corrected chi connectivity index (χ2v) is 7.44. The number of benzene rings is 2. The lowest BCUT2D eigenvalue weighted by atomic mass is 9.93. The number of nitrogens with one attached hydrogen (secondary N) is 1. The first-order valence-corrected chi connectivity index (χ1v) is 9.73. The first-order chi connectivity index (χ1) is 15.2. The molecule has 9 heteroatoms. The summed E-state index contributed by atoms with van der Waals surface area (Å²) in [5.74, 6) is 1.10. The number of halogens is 3. The SMILES string of the molecule is CNCCN1C(=O)N(c2c(F)cc(C#Cc3ccccc3F)cc2F)C(=O)CC1(C)C=O. The number of likely N-dealkylation sites (N-methyl/N-ethyl adjacent to an activating group) is 1. The van der Waals surface area contributed by atoms with Crippen molar-refractivity contribution in [1.29, 1.82) is 0 Å². The molecule has 6 nitrogen and oxygen atoms in total. The minimum atomic E-state index is -1.43. The maximum atomic E-state index is 14.9. The van der Waals surface area contributed by atoms with Gasteiger partial charge in [0.05, 0.1) is 12.0 Å². The van der Waals surface area contributed by atoms with E-state index in [0.29, 0.717) is 17.7 Å². The van der Waals surface area contributed by atoms with Crippen molar-refractivity contribution in [2.75, 3.05) is 25.0 Å². The highest BCUT2D eigenvalue weighted by molar-refractivity contribution is 6.18. The minimum Gasteiger partial charge on any atom is -0.318 e. The molecule has 166 valence electrons. The lowest BCUT2D eigenvalue weighted by Crippen LogP contribution is -2.65. The van der Waals surface area contributed by atoms with E-state index in [4.69, 9.17) is 0 Å². The molecule has 1 N–H and O–H groups in total. The molecule has 0 bridgehead atoms. The number of rotatable bonds is 5. The van der Waals surface area contributed by atoms with Gasteiger partial charge in [-0.1, -0.05) is 24.0 Å². The average molecular weight is 443 g/mol. The summed E-state index contributed by atoms with van der Waals surface area (Å²) in [6.07, 6.45) is 0.0452. The third-order valence-corrected chi connectivity index (χ3v) is 5.09. The van der Waals surface area contributed by atoms with Gasteiger partial charge in [-0.25, -0.2) is 22.9 Å². The average Bonchev–Trinajstić information content (AvgIpc) is 2.74. The summed E-state index contributed by atoms with van der Waals surface area (Å²) in [7, 11) is 1.63. The molecule has 0 aromatic heterocycles. The van der Waals surface area contributed by atoms with Crippen molar-refractivity contribution in [3.63, 3.8) is 0 Å². The summed E-state index contributed by atoms with van der Waals surface area (Å²) < 4.78 is 43.4. The van der Waals surface area contributed by atoms with Gasteiger partial charge >= 0.3 is 6.03 Å². The van der Waals surface area contributed by atoms with E-state index < -0.39 is 47.0 Å². The fraction of sp³-hybridized carbons (Fsp3) is 0.261. The summed E-state index contributed by atoms with van der Waals surface area (Å²) >= 11 is 0. The fourth-order valence-corrected chi connectivity index (χ4v) is 3.38. The van der Waals surface area contributed by atoms with Crippen molar-refractivity contribution >= 4 is 23.9 Å². The monoisotopic (exact) mass is 443 g/mol. The second-order valence-electron chi connectivity index (χ2n) is 7.44. The Hall–Kier alpha value is -3.64. The van der Waals surface area contributed by atoms with Crippen LogP contribution in [-0.2, 0) is 9.59 Å². The Bertz CT molecular complexity index is 1120. The van der Waals surface area contributed by atoms with Crippen LogP contribution in [0.5, 0.6) is 0 Å². The fourth-order valence-electron chi connectivity index (χ4n) is 3.38. The maximum absolute atomic E-state index is 14.9. The lowest BCUT2D eigenvalue weighted by molar-refractivity contribution is -0.128. The molecule has 1 aliphatic heterocycles. The summed E-state index contributed by atoms with van der Waals surface area (Å²) in [4.78, 5) is 38.7. The number of urea groups is 1. The predicted molar refractivity (Wildman–Crippen MR) is 111 cm³/mol. The molecule has 2 aromatic carbocycles. The number of amides is 3. The van der Waals surface area contributed by atoms with Gasteiger partial charge in [0, 0.05) is 18.7 Å². The summed E-state index contributed by atoms with van der Waals surface area (Å²) in [6, 6.07) is 6.38. The molecular formula is C23H20F3N3O3.